The summed E-state index contributed by atoms with van der Waals surface area (Å²) in [5, 5.41) is 0.247. The highest BCUT2D eigenvalue weighted by Crippen LogP contribution is 2.22. The number of aromatic nitrogens is 3. The quantitative estimate of drug-likeness (QED) is 0.705. The Morgan fingerprint density at radius 1 is 1.19 bits per heavy atom. The number of ether oxygens (including phenoxy) is 2. The summed E-state index contributed by atoms with van der Waals surface area (Å²) >= 11 is 0. The maximum Gasteiger partial charge on any atom is 0.422 e. The molecule has 0 saturated carbocycles. The molecule has 2 aromatic heterocycles. The van der Waals surface area contributed by atoms with Crippen LogP contribution in [0.3, 0.4) is 0 Å². The Bertz CT molecular complexity index is 943. The zero-order valence-electron chi connectivity index (χ0n) is 13.5. The van der Waals surface area contributed by atoms with E-state index in [4.69, 9.17) is 4.74 Å². The fourth-order valence-corrected chi connectivity index (χ4v) is 3.18. The van der Waals surface area contributed by atoms with E-state index in [9.17, 15) is 17.4 Å². The molecule has 2 heterocycles. The third-order valence-electron chi connectivity index (χ3n) is 3.35. The number of hydrogen-bond acceptors (Lipinski definition) is 5. The number of benzene rings is 1. The second-order valence-corrected chi connectivity index (χ2v) is 6.67. The highest BCUT2D eigenvalue weighted by Gasteiger charge is 2.28. The summed E-state index contributed by atoms with van der Waals surface area (Å²) in [4.78, 5) is 11.2. The SMILES string of the molecule is COc1ccc2nc(S(=O)Cc3cc(OCC(F)(F)F)ccn3)[nH]c2c1. The largest absolute Gasteiger partial charge is 0.497 e. The standard InChI is InChI=1S/C16H14F3N3O3S/c1-24-11-2-3-13-14(7-11)22-15(21-13)26(23)8-10-6-12(4-5-20-10)25-9-16(17,18)19/h2-7H,8-9H2,1H3,(H,21,22). The molecule has 3 aromatic rings. The van der Waals surface area contributed by atoms with E-state index in [0.29, 0.717) is 22.5 Å². The van der Waals surface area contributed by atoms with E-state index in [2.05, 4.69) is 19.7 Å². The van der Waals surface area contributed by atoms with Gasteiger partial charge in [-0.25, -0.2) is 4.98 Å². The zero-order chi connectivity index (χ0) is 18.7. The fourth-order valence-electron chi connectivity index (χ4n) is 2.19. The minimum atomic E-state index is -4.43. The van der Waals surface area contributed by atoms with Gasteiger partial charge in [-0.3, -0.25) is 9.19 Å². The van der Waals surface area contributed by atoms with Crippen LogP contribution in [-0.2, 0) is 16.6 Å². The average molecular weight is 385 g/mol. The molecule has 1 N–H and O–H groups in total. The van der Waals surface area contributed by atoms with Crippen molar-refractivity contribution < 1.29 is 26.9 Å². The van der Waals surface area contributed by atoms with Gasteiger partial charge >= 0.3 is 6.18 Å². The normalized spacial score (nSPS) is 12.9. The van der Waals surface area contributed by atoms with E-state index < -0.39 is 23.6 Å². The lowest BCUT2D eigenvalue weighted by molar-refractivity contribution is -0.153. The van der Waals surface area contributed by atoms with Crippen molar-refractivity contribution in [2.75, 3.05) is 13.7 Å². The highest BCUT2D eigenvalue weighted by molar-refractivity contribution is 7.84. The van der Waals surface area contributed by atoms with Crippen LogP contribution in [0, 0.1) is 0 Å². The molecule has 1 aromatic carbocycles. The molecule has 26 heavy (non-hydrogen) atoms. The summed E-state index contributed by atoms with van der Waals surface area (Å²) in [6.45, 7) is -1.40. The summed E-state index contributed by atoms with van der Waals surface area (Å²) in [7, 11) is -0.0148. The van der Waals surface area contributed by atoms with E-state index in [-0.39, 0.29) is 16.7 Å². The first kappa shape index (κ1) is 18.2. The number of fused-ring (bicyclic) bond motifs is 1. The third-order valence-corrected chi connectivity index (χ3v) is 4.54. The number of imidazole rings is 1. The van der Waals surface area contributed by atoms with Gasteiger partial charge in [-0.1, -0.05) is 0 Å². The smallest absolute Gasteiger partial charge is 0.422 e. The second-order valence-electron chi connectivity index (χ2n) is 5.30. The summed E-state index contributed by atoms with van der Waals surface area (Å²) in [6, 6.07) is 7.84. The lowest BCUT2D eigenvalue weighted by Crippen LogP contribution is -2.19. The maximum atomic E-state index is 12.5. The van der Waals surface area contributed by atoms with Crippen LogP contribution in [0.15, 0.2) is 41.7 Å². The van der Waals surface area contributed by atoms with Crippen LogP contribution in [0.4, 0.5) is 13.2 Å². The fraction of sp³-hybridized carbons (Fsp3) is 0.250. The number of H-pyrrole nitrogens is 1. The molecular formula is C16H14F3N3O3S. The van der Waals surface area contributed by atoms with Gasteiger partial charge in [0.25, 0.3) is 0 Å². The molecule has 0 aliphatic carbocycles. The molecule has 0 aliphatic rings. The predicted octanol–water partition coefficient (Wildman–Crippen LogP) is 3.22. The molecule has 138 valence electrons. The maximum absolute atomic E-state index is 12.5. The Balaban J connectivity index is 1.73. The topological polar surface area (TPSA) is 77.1 Å². The molecule has 0 radical (unpaired) electrons. The van der Waals surface area contributed by atoms with E-state index in [1.807, 2.05) is 0 Å². The van der Waals surface area contributed by atoms with Crippen LogP contribution < -0.4 is 9.47 Å². The number of aromatic amines is 1. The van der Waals surface area contributed by atoms with Gasteiger partial charge in [-0.15, -0.1) is 0 Å². The second kappa shape index (κ2) is 7.32. The number of hydrogen-bond donors (Lipinski definition) is 1. The Morgan fingerprint density at radius 3 is 2.73 bits per heavy atom. The third kappa shape index (κ3) is 4.51. The van der Waals surface area contributed by atoms with Gasteiger partial charge in [0.05, 0.1) is 40.4 Å². The minimum absolute atomic E-state index is 0.0127. The Morgan fingerprint density at radius 2 is 2.00 bits per heavy atom. The minimum Gasteiger partial charge on any atom is -0.497 e. The van der Waals surface area contributed by atoms with Crippen LogP contribution in [0.2, 0.25) is 0 Å². The number of halogens is 3. The van der Waals surface area contributed by atoms with Crippen LogP contribution in [-0.4, -0.2) is 39.1 Å². The number of nitrogens with one attached hydrogen (secondary N) is 1. The lowest BCUT2D eigenvalue weighted by Gasteiger charge is -2.09. The van der Waals surface area contributed by atoms with Crippen LogP contribution in [0.5, 0.6) is 11.5 Å². The predicted molar refractivity (Wildman–Crippen MR) is 88.5 cm³/mol. The molecule has 0 aliphatic heterocycles. The number of rotatable bonds is 6. The molecule has 6 nitrogen and oxygen atoms in total. The summed E-state index contributed by atoms with van der Waals surface area (Å²) < 4.78 is 58.9. The van der Waals surface area contributed by atoms with Gasteiger partial charge in [0.1, 0.15) is 11.5 Å². The number of alkyl halides is 3. The first-order chi connectivity index (χ1) is 12.3. The lowest BCUT2D eigenvalue weighted by atomic mass is 10.3. The van der Waals surface area contributed by atoms with Crippen molar-refractivity contribution in [1.29, 1.82) is 0 Å². The molecule has 0 amide bonds. The Labute approximate surface area is 148 Å². The monoisotopic (exact) mass is 385 g/mol. The number of pyridine rings is 1. The van der Waals surface area contributed by atoms with Crippen molar-refractivity contribution in [1.82, 2.24) is 15.0 Å². The van der Waals surface area contributed by atoms with Crippen LogP contribution in [0.25, 0.3) is 11.0 Å². The Kier molecular flexibility index (Phi) is 5.12. The highest BCUT2D eigenvalue weighted by atomic mass is 32.2. The molecule has 1 unspecified atom stereocenters. The molecule has 0 spiro atoms. The van der Waals surface area contributed by atoms with Crippen molar-refractivity contribution in [3.8, 4) is 11.5 Å². The van der Waals surface area contributed by atoms with Crippen LogP contribution >= 0.6 is 0 Å². The summed E-state index contributed by atoms with van der Waals surface area (Å²) in [5.74, 6) is 0.633. The van der Waals surface area contributed by atoms with Crippen molar-refractivity contribution in [3.63, 3.8) is 0 Å². The van der Waals surface area contributed by atoms with Gasteiger partial charge in [-0.2, -0.15) is 13.2 Å². The first-order valence-electron chi connectivity index (χ1n) is 7.41. The first-order valence-corrected chi connectivity index (χ1v) is 8.72. The van der Waals surface area contributed by atoms with Crippen molar-refractivity contribution in [2.45, 2.75) is 17.1 Å². The van der Waals surface area contributed by atoms with E-state index in [0.717, 1.165) is 0 Å². The Hall–Kier alpha value is -2.62. The summed E-state index contributed by atoms with van der Waals surface area (Å²) in [6.07, 6.45) is -3.12. The van der Waals surface area contributed by atoms with Gasteiger partial charge in [0.2, 0.25) is 0 Å². The molecule has 10 heteroatoms. The van der Waals surface area contributed by atoms with Crippen molar-refractivity contribution in [2.24, 2.45) is 0 Å². The van der Waals surface area contributed by atoms with Crippen molar-refractivity contribution >= 4 is 21.8 Å². The van der Waals surface area contributed by atoms with Gasteiger partial charge < -0.3 is 14.5 Å². The molecule has 0 fully saturated rings. The van der Waals surface area contributed by atoms with Crippen LogP contribution in [0.1, 0.15) is 5.69 Å². The molecule has 1 atom stereocenters. The average Bonchev–Trinajstić information content (AvgIpc) is 3.03. The van der Waals surface area contributed by atoms with E-state index >= 15 is 0 Å². The molecule has 3 rings (SSSR count). The van der Waals surface area contributed by atoms with E-state index in [1.54, 1.807) is 18.2 Å². The summed E-state index contributed by atoms with van der Waals surface area (Å²) in [5.41, 5.74) is 1.63. The van der Waals surface area contributed by atoms with Gasteiger partial charge in [0.15, 0.2) is 11.8 Å². The van der Waals surface area contributed by atoms with Gasteiger partial charge in [-0.05, 0) is 18.2 Å². The molecular weight excluding hydrogens is 371 g/mol. The molecule has 0 saturated heterocycles. The number of methoxy groups -OCH3 is 1. The van der Waals surface area contributed by atoms with E-state index in [1.165, 1.54) is 25.4 Å². The zero-order valence-corrected chi connectivity index (χ0v) is 14.4. The van der Waals surface area contributed by atoms with Gasteiger partial charge in [0, 0.05) is 18.3 Å². The molecule has 0 bridgehead atoms. The number of nitrogens with zero attached hydrogens (tertiary/aromatic N) is 2. The van der Waals surface area contributed by atoms with Crippen molar-refractivity contribution in [3.05, 3.63) is 42.2 Å².